The number of fused-ring (bicyclic) bond motifs is 1. The zero-order chi connectivity index (χ0) is 21.5. The lowest BCUT2D eigenvalue weighted by atomic mass is 9.94. The number of rotatable bonds is 6. The molecule has 1 aliphatic heterocycles. The quantitative estimate of drug-likeness (QED) is 0.386. The Balaban J connectivity index is 1.75. The molecule has 1 aromatic rings. The number of hydrogen-bond acceptors (Lipinski definition) is 4. The minimum Gasteiger partial charge on any atom is -0.444 e. The van der Waals surface area contributed by atoms with Crippen LogP contribution in [0.25, 0.3) is 0 Å². The van der Waals surface area contributed by atoms with E-state index in [1.54, 1.807) is 7.05 Å². The van der Waals surface area contributed by atoms with Crippen molar-refractivity contribution in [2.24, 2.45) is 4.99 Å². The normalized spacial score (nSPS) is 15.4. The largest absolute Gasteiger partial charge is 0.444 e. The zero-order valence-electron chi connectivity index (χ0n) is 18.8. The van der Waals surface area contributed by atoms with Crippen LogP contribution in [-0.2, 0) is 17.7 Å². The van der Waals surface area contributed by atoms with E-state index >= 15 is 0 Å². The number of benzene rings is 1. The Kier molecular flexibility index (Phi) is 7.90. The number of carbonyl (C=O) groups is 1. The third-order valence-electron chi connectivity index (χ3n) is 4.98. The van der Waals surface area contributed by atoms with Crippen molar-refractivity contribution in [1.82, 2.24) is 20.9 Å². The molecular formula is C22H37N5O2. The SMILES string of the molecule is CN=C(NCCNC(=O)OC(C)(C)C)NCC(C)(C)N1CCc2ccccc2C1. The lowest BCUT2D eigenvalue weighted by Crippen LogP contribution is -2.55. The molecule has 1 amide bonds. The number of ether oxygens (including phenoxy) is 1. The summed E-state index contributed by atoms with van der Waals surface area (Å²) in [5.41, 5.74) is 2.38. The van der Waals surface area contributed by atoms with E-state index in [1.807, 2.05) is 20.8 Å². The van der Waals surface area contributed by atoms with E-state index in [4.69, 9.17) is 4.74 Å². The van der Waals surface area contributed by atoms with Gasteiger partial charge in [0.05, 0.1) is 0 Å². The van der Waals surface area contributed by atoms with E-state index in [2.05, 4.69) is 64.0 Å². The number of guanidine groups is 1. The van der Waals surface area contributed by atoms with Crippen molar-refractivity contribution < 1.29 is 9.53 Å². The van der Waals surface area contributed by atoms with Crippen molar-refractivity contribution in [2.75, 3.05) is 33.2 Å². The molecule has 7 heteroatoms. The van der Waals surface area contributed by atoms with Crippen molar-refractivity contribution in [2.45, 2.75) is 58.7 Å². The van der Waals surface area contributed by atoms with Gasteiger partial charge in [0.15, 0.2) is 5.96 Å². The van der Waals surface area contributed by atoms with Crippen molar-refractivity contribution in [3.63, 3.8) is 0 Å². The molecule has 2 rings (SSSR count). The van der Waals surface area contributed by atoms with Crippen molar-refractivity contribution >= 4 is 12.1 Å². The molecule has 0 fully saturated rings. The molecule has 0 spiro atoms. The van der Waals surface area contributed by atoms with Crippen LogP contribution < -0.4 is 16.0 Å². The van der Waals surface area contributed by atoms with Crippen LogP contribution in [0.4, 0.5) is 4.79 Å². The Morgan fingerprint density at radius 2 is 1.72 bits per heavy atom. The summed E-state index contributed by atoms with van der Waals surface area (Å²) in [5, 5.41) is 9.38. The fourth-order valence-corrected chi connectivity index (χ4v) is 3.30. The fraction of sp³-hybridized carbons (Fsp3) is 0.636. The van der Waals surface area contributed by atoms with E-state index in [9.17, 15) is 4.79 Å². The smallest absolute Gasteiger partial charge is 0.407 e. The van der Waals surface area contributed by atoms with Gasteiger partial charge in [-0.25, -0.2) is 4.79 Å². The molecule has 0 atom stereocenters. The standard InChI is InChI=1S/C22H37N5O2/c1-21(2,3)29-20(28)25-13-12-24-19(23-6)26-16-22(4,5)27-14-11-17-9-7-8-10-18(17)15-27/h7-10H,11-16H2,1-6H3,(H,25,28)(H2,23,24,26). The molecule has 162 valence electrons. The predicted octanol–water partition coefficient (Wildman–Crippen LogP) is 2.51. The van der Waals surface area contributed by atoms with Gasteiger partial charge in [0, 0.05) is 45.3 Å². The first-order chi connectivity index (χ1) is 13.6. The second kappa shape index (κ2) is 9.96. The summed E-state index contributed by atoms with van der Waals surface area (Å²) in [6.07, 6.45) is 0.678. The van der Waals surface area contributed by atoms with E-state index in [1.165, 1.54) is 11.1 Å². The summed E-state index contributed by atoms with van der Waals surface area (Å²) < 4.78 is 5.23. The Morgan fingerprint density at radius 3 is 2.38 bits per heavy atom. The van der Waals surface area contributed by atoms with Crippen LogP contribution in [0.15, 0.2) is 29.3 Å². The van der Waals surface area contributed by atoms with Gasteiger partial charge in [0.1, 0.15) is 5.60 Å². The van der Waals surface area contributed by atoms with Gasteiger partial charge in [-0.1, -0.05) is 24.3 Å². The van der Waals surface area contributed by atoms with Crippen molar-refractivity contribution in [3.8, 4) is 0 Å². The number of aliphatic imine (C=N–C) groups is 1. The molecule has 0 unspecified atom stereocenters. The molecule has 0 radical (unpaired) electrons. The van der Waals surface area contributed by atoms with Gasteiger partial charge in [-0.15, -0.1) is 0 Å². The Bertz CT molecular complexity index is 709. The fourth-order valence-electron chi connectivity index (χ4n) is 3.30. The molecule has 0 aliphatic carbocycles. The first-order valence-electron chi connectivity index (χ1n) is 10.3. The molecule has 0 saturated carbocycles. The second-order valence-corrected chi connectivity index (χ2v) is 9.03. The number of alkyl carbamates (subject to hydrolysis) is 1. The third-order valence-corrected chi connectivity index (χ3v) is 4.98. The summed E-state index contributed by atoms with van der Waals surface area (Å²) in [7, 11) is 1.75. The number of carbonyl (C=O) groups excluding carboxylic acids is 1. The molecule has 7 nitrogen and oxygen atoms in total. The summed E-state index contributed by atoms with van der Waals surface area (Å²) in [4.78, 5) is 18.5. The highest BCUT2D eigenvalue weighted by atomic mass is 16.6. The molecule has 3 N–H and O–H groups in total. The van der Waals surface area contributed by atoms with Gasteiger partial charge in [-0.2, -0.15) is 0 Å². The van der Waals surface area contributed by atoms with E-state index in [0.717, 1.165) is 32.0 Å². The maximum absolute atomic E-state index is 11.7. The molecule has 0 bridgehead atoms. The summed E-state index contributed by atoms with van der Waals surface area (Å²) in [6.45, 7) is 13.9. The van der Waals surface area contributed by atoms with E-state index in [0.29, 0.717) is 13.1 Å². The summed E-state index contributed by atoms with van der Waals surface area (Å²) >= 11 is 0. The number of amides is 1. The monoisotopic (exact) mass is 403 g/mol. The second-order valence-electron chi connectivity index (χ2n) is 9.03. The van der Waals surface area contributed by atoms with E-state index < -0.39 is 11.7 Å². The average Bonchev–Trinajstić information content (AvgIpc) is 2.65. The lowest BCUT2D eigenvalue weighted by Gasteiger charge is -2.42. The van der Waals surface area contributed by atoms with E-state index in [-0.39, 0.29) is 5.54 Å². The highest BCUT2D eigenvalue weighted by Crippen LogP contribution is 2.24. The average molecular weight is 404 g/mol. The van der Waals surface area contributed by atoms with Crippen LogP contribution in [0.2, 0.25) is 0 Å². The van der Waals surface area contributed by atoms with Gasteiger partial charge in [-0.05, 0) is 52.2 Å². The maximum Gasteiger partial charge on any atom is 0.407 e. The van der Waals surface area contributed by atoms with Crippen LogP contribution in [0.3, 0.4) is 0 Å². The Hall–Kier alpha value is -2.28. The molecule has 1 heterocycles. The summed E-state index contributed by atoms with van der Waals surface area (Å²) in [6, 6.07) is 8.69. The molecule has 1 aliphatic rings. The highest BCUT2D eigenvalue weighted by molar-refractivity contribution is 5.79. The first-order valence-corrected chi connectivity index (χ1v) is 10.3. The molecule has 29 heavy (non-hydrogen) atoms. The zero-order valence-corrected chi connectivity index (χ0v) is 18.8. The highest BCUT2D eigenvalue weighted by Gasteiger charge is 2.29. The first kappa shape index (κ1) is 23.0. The number of nitrogens with zero attached hydrogens (tertiary/aromatic N) is 2. The lowest BCUT2D eigenvalue weighted by molar-refractivity contribution is 0.0529. The van der Waals surface area contributed by atoms with Crippen LogP contribution in [-0.4, -0.2) is 61.3 Å². The van der Waals surface area contributed by atoms with Gasteiger partial charge in [0.25, 0.3) is 0 Å². The summed E-state index contributed by atoms with van der Waals surface area (Å²) in [5.74, 6) is 0.724. The maximum atomic E-state index is 11.7. The van der Waals surface area contributed by atoms with Gasteiger partial charge in [-0.3, -0.25) is 9.89 Å². The van der Waals surface area contributed by atoms with Gasteiger partial charge < -0.3 is 20.7 Å². The topological polar surface area (TPSA) is 78.0 Å². The molecule has 1 aromatic carbocycles. The van der Waals surface area contributed by atoms with Crippen molar-refractivity contribution in [1.29, 1.82) is 0 Å². The van der Waals surface area contributed by atoms with Crippen LogP contribution in [0.1, 0.15) is 45.7 Å². The third kappa shape index (κ3) is 7.57. The number of nitrogens with one attached hydrogen (secondary N) is 3. The minimum atomic E-state index is -0.490. The van der Waals surface area contributed by atoms with Crippen molar-refractivity contribution in [3.05, 3.63) is 35.4 Å². The van der Waals surface area contributed by atoms with Gasteiger partial charge in [0.2, 0.25) is 0 Å². The Morgan fingerprint density at radius 1 is 1.07 bits per heavy atom. The van der Waals surface area contributed by atoms with Crippen LogP contribution >= 0.6 is 0 Å². The molecule has 0 aromatic heterocycles. The predicted molar refractivity (Wildman–Crippen MR) is 118 cm³/mol. The van der Waals surface area contributed by atoms with Crippen LogP contribution in [0, 0.1) is 0 Å². The molecule has 0 saturated heterocycles. The van der Waals surface area contributed by atoms with Gasteiger partial charge >= 0.3 is 6.09 Å². The Labute approximate surface area is 175 Å². The number of hydrogen-bond donors (Lipinski definition) is 3. The van der Waals surface area contributed by atoms with Crippen LogP contribution in [0.5, 0.6) is 0 Å². The molecular weight excluding hydrogens is 366 g/mol. The minimum absolute atomic E-state index is 0.0140.